The van der Waals surface area contributed by atoms with E-state index in [-0.39, 0.29) is 47.5 Å². The zero-order valence-corrected chi connectivity index (χ0v) is 23.2. The highest BCUT2D eigenvalue weighted by atomic mass is 19.1. The van der Waals surface area contributed by atoms with Gasteiger partial charge in [0.05, 0.1) is 6.42 Å². The molecule has 3 atom stereocenters. The molecule has 2 N–H and O–H groups in total. The standard InChI is InChI=1S/C32H42FNO4/c1-5-32(3,4)19-20(2)31(37)34-23-13-14-24(18-23)38-28-15-12-21(17-29(35)36)16-26(28)25-10-7-11-27(33)30(25)22-8-6-9-22/h7,10-12,15-16,20,22-24H,5-6,8-9,13-14,17-19H2,1-4H3,(H,34,37)(H,35,36)/t20-,23+,24+/m0/s1. The van der Waals surface area contributed by atoms with Gasteiger partial charge in [0.15, 0.2) is 0 Å². The lowest BCUT2D eigenvalue weighted by Gasteiger charge is -2.29. The van der Waals surface area contributed by atoms with Crippen LogP contribution in [0.4, 0.5) is 4.39 Å². The number of halogens is 1. The molecule has 5 nitrogen and oxygen atoms in total. The number of nitrogens with one attached hydrogen (secondary N) is 1. The summed E-state index contributed by atoms with van der Waals surface area (Å²) < 4.78 is 21.5. The fourth-order valence-corrected chi connectivity index (χ4v) is 5.83. The Labute approximate surface area is 226 Å². The Morgan fingerprint density at radius 1 is 1.13 bits per heavy atom. The normalized spacial score (nSPS) is 20.6. The summed E-state index contributed by atoms with van der Waals surface area (Å²) in [5, 5.41) is 12.6. The second-order valence-corrected chi connectivity index (χ2v) is 12.1. The van der Waals surface area contributed by atoms with Crippen molar-refractivity contribution in [2.75, 3.05) is 0 Å². The number of carboxylic acid groups (broad SMARTS) is 1. The summed E-state index contributed by atoms with van der Waals surface area (Å²) in [4.78, 5) is 24.3. The van der Waals surface area contributed by atoms with Gasteiger partial charge in [-0.25, -0.2) is 4.39 Å². The zero-order chi connectivity index (χ0) is 27.4. The van der Waals surface area contributed by atoms with E-state index in [9.17, 15) is 14.7 Å². The lowest BCUT2D eigenvalue weighted by atomic mass is 9.76. The van der Waals surface area contributed by atoms with Crippen molar-refractivity contribution in [3.05, 3.63) is 53.3 Å². The second kappa shape index (κ2) is 11.9. The largest absolute Gasteiger partial charge is 0.490 e. The second-order valence-electron chi connectivity index (χ2n) is 12.1. The number of carboxylic acids is 1. The molecule has 0 radical (unpaired) electrons. The fourth-order valence-electron chi connectivity index (χ4n) is 5.83. The number of rotatable bonds is 11. The minimum Gasteiger partial charge on any atom is -0.490 e. The van der Waals surface area contributed by atoms with Crippen molar-refractivity contribution in [2.24, 2.45) is 11.3 Å². The molecule has 2 fully saturated rings. The first-order chi connectivity index (χ1) is 18.1. The van der Waals surface area contributed by atoms with Gasteiger partial charge in [-0.15, -0.1) is 0 Å². The van der Waals surface area contributed by atoms with Crippen molar-refractivity contribution >= 4 is 11.9 Å². The van der Waals surface area contributed by atoms with Crippen molar-refractivity contribution in [3.63, 3.8) is 0 Å². The van der Waals surface area contributed by atoms with Gasteiger partial charge in [-0.2, -0.15) is 0 Å². The molecule has 2 saturated carbocycles. The zero-order valence-electron chi connectivity index (χ0n) is 23.2. The average molecular weight is 524 g/mol. The van der Waals surface area contributed by atoms with Crippen LogP contribution >= 0.6 is 0 Å². The summed E-state index contributed by atoms with van der Waals surface area (Å²) in [6, 6.07) is 10.6. The smallest absolute Gasteiger partial charge is 0.307 e. The van der Waals surface area contributed by atoms with E-state index in [1.807, 2.05) is 25.1 Å². The summed E-state index contributed by atoms with van der Waals surface area (Å²) >= 11 is 0. The van der Waals surface area contributed by atoms with E-state index >= 15 is 4.39 Å². The first-order valence-electron chi connectivity index (χ1n) is 14.2. The third-order valence-electron chi connectivity index (χ3n) is 8.54. The van der Waals surface area contributed by atoms with E-state index in [1.165, 1.54) is 6.07 Å². The monoisotopic (exact) mass is 523 g/mol. The predicted octanol–water partition coefficient (Wildman–Crippen LogP) is 7.27. The van der Waals surface area contributed by atoms with Gasteiger partial charge in [0.25, 0.3) is 0 Å². The Bertz CT molecular complexity index is 1160. The van der Waals surface area contributed by atoms with Crippen molar-refractivity contribution < 1.29 is 23.8 Å². The topological polar surface area (TPSA) is 75.6 Å². The van der Waals surface area contributed by atoms with E-state index in [2.05, 4.69) is 26.1 Å². The molecule has 2 aromatic carbocycles. The molecule has 0 aromatic heterocycles. The van der Waals surface area contributed by atoms with Crippen LogP contribution in [0.25, 0.3) is 11.1 Å². The van der Waals surface area contributed by atoms with Gasteiger partial charge >= 0.3 is 5.97 Å². The highest BCUT2D eigenvalue weighted by Gasteiger charge is 2.32. The molecule has 0 unspecified atom stereocenters. The maximum absolute atomic E-state index is 15.0. The van der Waals surface area contributed by atoms with E-state index in [4.69, 9.17) is 4.74 Å². The number of amides is 1. The van der Waals surface area contributed by atoms with Crippen LogP contribution in [0.1, 0.15) is 96.1 Å². The third kappa shape index (κ3) is 6.75. The molecule has 6 heteroatoms. The van der Waals surface area contributed by atoms with Crippen LogP contribution in [0.3, 0.4) is 0 Å². The first kappa shape index (κ1) is 28.1. The predicted molar refractivity (Wildman–Crippen MR) is 148 cm³/mol. The molecule has 2 aliphatic rings. The highest BCUT2D eigenvalue weighted by molar-refractivity contribution is 5.79. The summed E-state index contributed by atoms with van der Waals surface area (Å²) in [5.74, 6) is -0.259. The Balaban J connectivity index is 1.51. The lowest BCUT2D eigenvalue weighted by Crippen LogP contribution is -2.38. The maximum Gasteiger partial charge on any atom is 0.307 e. The first-order valence-corrected chi connectivity index (χ1v) is 14.2. The van der Waals surface area contributed by atoms with Crippen LogP contribution in [0.15, 0.2) is 36.4 Å². The molecule has 0 spiro atoms. The van der Waals surface area contributed by atoms with Gasteiger partial charge in [0, 0.05) is 23.9 Å². The molecule has 0 bridgehead atoms. The van der Waals surface area contributed by atoms with Gasteiger partial charge < -0.3 is 15.2 Å². The molecule has 1 amide bonds. The van der Waals surface area contributed by atoms with Gasteiger partial charge in [0.2, 0.25) is 5.91 Å². The summed E-state index contributed by atoms with van der Waals surface area (Å²) in [6.07, 6.45) is 7.08. The third-order valence-corrected chi connectivity index (χ3v) is 8.54. The Morgan fingerprint density at radius 3 is 2.55 bits per heavy atom. The molecule has 206 valence electrons. The number of hydrogen-bond donors (Lipinski definition) is 2. The van der Waals surface area contributed by atoms with Crippen LogP contribution in [-0.2, 0) is 16.0 Å². The number of hydrogen-bond acceptors (Lipinski definition) is 3. The van der Waals surface area contributed by atoms with E-state index in [0.717, 1.165) is 56.1 Å². The van der Waals surface area contributed by atoms with Gasteiger partial charge in [0.1, 0.15) is 17.7 Å². The quantitative estimate of drug-likeness (QED) is 0.325. The van der Waals surface area contributed by atoms with Gasteiger partial charge in [-0.1, -0.05) is 58.7 Å². The average Bonchev–Trinajstić information content (AvgIpc) is 3.26. The number of aliphatic carboxylic acids is 1. The molecule has 4 rings (SSSR count). The van der Waals surface area contributed by atoms with E-state index in [1.54, 1.807) is 12.1 Å². The van der Waals surface area contributed by atoms with Crippen LogP contribution in [0.2, 0.25) is 0 Å². The van der Waals surface area contributed by atoms with Crippen molar-refractivity contribution in [3.8, 4) is 16.9 Å². The van der Waals surface area contributed by atoms with E-state index < -0.39 is 5.97 Å². The number of carbonyl (C=O) groups excluding carboxylic acids is 1. The van der Waals surface area contributed by atoms with Crippen molar-refractivity contribution in [1.29, 1.82) is 0 Å². The number of ether oxygens (including phenoxy) is 1. The molecular weight excluding hydrogens is 481 g/mol. The van der Waals surface area contributed by atoms with Crippen LogP contribution in [0, 0.1) is 17.2 Å². The molecule has 2 aromatic rings. The molecule has 2 aliphatic carbocycles. The summed E-state index contributed by atoms with van der Waals surface area (Å²) in [6.45, 7) is 8.55. The lowest BCUT2D eigenvalue weighted by molar-refractivity contribution is -0.136. The molecule has 0 heterocycles. The number of benzene rings is 2. The van der Waals surface area contributed by atoms with E-state index in [0.29, 0.717) is 23.3 Å². The summed E-state index contributed by atoms with van der Waals surface area (Å²) in [5.41, 5.74) is 3.03. The Kier molecular flexibility index (Phi) is 8.79. The molecule has 38 heavy (non-hydrogen) atoms. The van der Waals surface area contributed by atoms with Crippen molar-refractivity contribution in [2.45, 2.75) is 104 Å². The Morgan fingerprint density at radius 2 is 1.89 bits per heavy atom. The number of carbonyl (C=O) groups is 2. The minimum atomic E-state index is -0.908. The maximum atomic E-state index is 15.0. The molecular formula is C32H42FNO4. The van der Waals surface area contributed by atoms with Crippen LogP contribution < -0.4 is 10.1 Å². The summed E-state index contributed by atoms with van der Waals surface area (Å²) in [7, 11) is 0. The fraction of sp³-hybridized carbons (Fsp3) is 0.562. The van der Waals surface area contributed by atoms with Gasteiger partial charge in [-0.3, -0.25) is 9.59 Å². The van der Waals surface area contributed by atoms with Crippen LogP contribution in [0.5, 0.6) is 5.75 Å². The van der Waals surface area contributed by atoms with Crippen molar-refractivity contribution in [1.82, 2.24) is 5.32 Å². The molecule has 0 aliphatic heterocycles. The SMILES string of the molecule is CCC(C)(C)C[C@H](C)C(=O)N[C@@H]1CC[C@@H](Oc2ccc(CC(=O)O)cc2-c2cccc(F)c2C2CCC2)C1. The minimum absolute atomic E-state index is 0.0452. The molecule has 0 saturated heterocycles. The Hall–Kier alpha value is -2.89. The highest BCUT2D eigenvalue weighted by Crippen LogP contribution is 2.45. The van der Waals surface area contributed by atoms with Crippen LogP contribution in [-0.4, -0.2) is 29.1 Å². The van der Waals surface area contributed by atoms with Gasteiger partial charge in [-0.05, 0) is 78.3 Å².